The Balaban J connectivity index is 3.38. The lowest BCUT2D eigenvalue weighted by atomic mass is 9.86. The van der Waals surface area contributed by atoms with Crippen molar-refractivity contribution in [2.45, 2.75) is 27.7 Å². The Morgan fingerprint density at radius 3 is 2.25 bits per heavy atom. The highest BCUT2D eigenvalue weighted by Gasteiger charge is 2.30. The molecule has 0 radical (unpaired) electrons. The smallest absolute Gasteiger partial charge is 0.306 e. The average Bonchev–Trinajstić information content (AvgIpc) is 2.39. The van der Waals surface area contributed by atoms with Crippen molar-refractivity contribution < 1.29 is 19.4 Å². The number of Topliss-reactive ketones (excluding diaryl/α,β-unsaturated/α-hetero) is 1. The van der Waals surface area contributed by atoms with Crippen LogP contribution >= 0.6 is 15.9 Å². The van der Waals surface area contributed by atoms with Gasteiger partial charge in [0, 0.05) is 10.4 Å². The van der Waals surface area contributed by atoms with Crippen LogP contribution in [-0.2, 0) is 4.79 Å². The van der Waals surface area contributed by atoms with E-state index in [2.05, 4.69) is 15.9 Å². The summed E-state index contributed by atoms with van der Waals surface area (Å²) in [5, 5.41) is 9.06. The van der Waals surface area contributed by atoms with Crippen LogP contribution < -0.4 is 4.74 Å². The van der Waals surface area contributed by atoms with E-state index in [0.29, 0.717) is 11.3 Å². The molecule has 1 aromatic carbocycles. The van der Waals surface area contributed by atoms with Crippen molar-refractivity contribution in [3.63, 3.8) is 0 Å². The number of carbonyl (C=O) groups is 2. The summed E-state index contributed by atoms with van der Waals surface area (Å²) in [5.74, 6) is -2.03. The zero-order valence-corrected chi connectivity index (χ0v) is 13.9. The van der Waals surface area contributed by atoms with Crippen molar-refractivity contribution in [2.24, 2.45) is 11.8 Å². The second-order valence-electron chi connectivity index (χ2n) is 4.99. The van der Waals surface area contributed by atoms with Gasteiger partial charge in [-0.15, -0.1) is 0 Å². The van der Waals surface area contributed by atoms with E-state index in [1.807, 2.05) is 19.9 Å². The Hall–Kier alpha value is -1.36. The molecule has 0 fully saturated rings. The predicted octanol–water partition coefficient (Wildman–Crippen LogP) is 3.61. The molecule has 1 rings (SSSR count). The highest BCUT2D eigenvalue weighted by atomic mass is 79.9. The minimum atomic E-state index is -0.978. The predicted molar refractivity (Wildman–Crippen MR) is 80.5 cm³/mol. The van der Waals surface area contributed by atoms with Crippen LogP contribution in [0, 0.1) is 25.7 Å². The molecule has 20 heavy (non-hydrogen) atoms. The molecule has 5 heteroatoms. The molecule has 2 unspecified atom stereocenters. The van der Waals surface area contributed by atoms with Gasteiger partial charge in [0.15, 0.2) is 5.78 Å². The maximum absolute atomic E-state index is 12.6. The normalized spacial score (nSPS) is 13.7. The number of halogens is 1. The molecule has 0 aromatic heterocycles. The molecule has 1 N–H and O–H groups in total. The molecule has 0 heterocycles. The van der Waals surface area contributed by atoms with Crippen molar-refractivity contribution >= 4 is 27.7 Å². The number of ketones is 1. The molecule has 0 bridgehead atoms. The molecule has 110 valence electrons. The maximum atomic E-state index is 12.6. The zero-order chi connectivity index (χ0) is 15.6. The lowest BCUT2D eigenvalue weighted by Gasteiger charge is -2.20. The summed E-state index contributed by atoms with van der Waals surface area (Å²) in [4.78, 5) is 23.7. The largest absolute Gasteiger partial charge is 0.496 e. The standard InChI is InChI=1S/C15H19BrO4/c1-7-6-11(16)10(4)12(14(7)20-5)13(17)8(2)9(3)15(18)19/h6,8-9H,1-5H3,(H,18,19). The van der Waals surface area contributed by atoms with Gasteiger partial charge < -0.3 is 9.84 Å². The van der Waals surface area contributed by atoms with E-state index in [0.717, 1.165) is 15.6 Å². The molecule has 0 aliphatic rings. The van der Waals surface area contributed by atoms with Gasteiger partial charge in [-0.3, -0.25) is 9.59 Å². The third kappa shape index (κ3) is 3.03. The number of carboxylic acids is 1. The first-order valence-electron chi connectivity index (χ1n) is 6.33. The lowest BCUT2D eigenvalue weighted by Crippen LogP contribution is -2.26. The van der Waals surface area contributed by atoms with E-state index in [1.165, 1.54) is 14.0 Å². The average molecular weight is 343 g/mol. The number of carbonyl (C=O) groups excluding carboxylic acids is 1. The van der Waals surface area contributed by atoms with Crippen LogP contribution in [0.4, 0.5) is 0 Å². The quantitative estimate of drug-likeness (QED) is 0.830. The van der Waals surface area contributed by atoms with Gasteiger partial charge in [-0.1, -0.05) is 29.8 Å². The molecule has 0 amide bonds. The van der Waals surface area contributed by atoms with Gasteiger partial charge in [0.2, 0.25) is 0 Å². The fraction of sp³-hybridized carbons (Fsp3) is 0.467. The van der Waals surface area contributed by atoms with Crippen LogP contribution in [-0.4, -0.2) is 24.0 Å². The summed E-state index contributed by atoms with van der Waals surface area (Å²) in [5.41, 5.74) is 2.06. The highest BCUT2D eigenvalue weighted by Crippen LogP contribution is 2.34. The van der Waals surface area contributed by atoms with Gasteiger partial charge in [-0.05, 0) is 31.0 Å². The van der Waals surface area contributed by atoms with Crippen LogP contribution in [0.15, 0.2) is 10.5 Å². The topological polar surface area (TPSA) is 63.6 Å². The van der Waals surface area contributed by atoms with Gasteiger partial charge in [0.05, 0.1) is 18.6 Å². The lowest BCUT2D eigenvalue weighted by molar-refractivity contribution is -0.142. The summed E-state index contributed by atoms with van der Waals surface area (Å²) < 4.78 is 6.15. The molecule has 0 saturated carbocycles. The third-order valence-corrected chi connectivity index (χ3v) is 4.49. The Kier molecular flexibility index (Phi) is 5.34. The first-order chi connectivity index (χ1) is 9.22. The Morgan fingerprint density at radius 2 is 1.80 bits per heavy atom. The monoisotopic (exact) mass is 342 g/mol. The van der Waals surface area contributed by atoms with Crippen molar-refractivity contribution in [3.8, 4) is 5.75 Å². The van der Waals surface area contributed by atoms with Crippen LogP contribution in [0.3, 0.4) is 0 Å². The minimum Gasteiger partial charge on any atom is -0.496 e. The number of aliphatic carboxylic acids is 1. The van der Waals surface area contributed by atoms with Gasteiger partial charge in [-0.25, -0.2) is 0 Å². The number of hydrogen-bond acceptors (Lipinski definition) is 3. The zero-order valence-electron chi connectivity index (χ0n) is 12.3. The third-order valence-electron chi connectivity index (χ3n) is 3.67. The maximum Gasteiger partial charge on any atom is 0.306 e. The number of benzene rings is 1. The van der Waals surface area contributed by atoms with Crippen LogP contribution in [0.1, 0.15) is 35.3 Å². The SMILES string of the molecule is COc1c(C)cc(Br)c(C)c1C(=O)C(C)C(C)C(=O)O. The summed E-state index contributed by atoms with van der Waals surface area (Å²) in [7, 11) is 1.51. The molecule has 0 spiro atoms. The first-order valence-corrected chi connectivity index (χ1v) is 7.12. The number of rotatable bonds is 5. The van der Waals surface area contributed by atoms with Gasteiger partial charge in [0.25, 0.3) is 0 Å². The Morgan fingerprint density at radius 1 is 1.25 bits per heavy atom. The van der Waals surface area contributed by atoms with E-state index in [9.17, 15) is 9.59 Å². The van der Waals surface area contributed by atoms with Crippen LogP contribution in [0.2, 0.25) is 0 Å². The van der Waals surface area contributed by atoms with Crippen LogP contribution in [0.25, 0.3) is 0 Å². The minimum absolute atomic E-state index is 0.210. The van der Waals surface area contributed by atoms with E-state index in [-0.39, 0.29) is 5.78 Å². The number of carboxylic acid groups (broad SMARTS) is 1. The second kappa shape index (κ2) is 6.39. The molecule has 0 aliphatic carbocycles. The number of aryl methyl sites for hydroxylation is 1. The molecular weight excluding hydrogens is 324 g/mol. The van der Waals surface area contributed by atoms with Crippen molar-refractivity contribution in [1.82, 2.24) is 0 Å². The summed E-state index contributed by atoms with van der Waals surface area (Å²) in [6.07, 6.45) is 0. The number of hydrogen-bond donors (Lipinski definition) is 1. The number of ether oxygens (including phenoxy) is 1. The molecule has 0 saturated heterocycles. The second-order valence-corrected chi connectivity index (χ2v) is 5.84. The van der Waals surface area contributed by atoms with Crippen molar-refractivity contribution in [2.75, 3.05) is 7.11 Å². The number of methoxy groups -OCH3 is 1. The summed E-state index contributed by atoms with van der Waals surface area (Å²) in [6.45, 7) is 6.84. The van der Waals surface area contributed by atoms with E-state index in [4.69, 9.17) is 9.84 Å². The molecular formula is C15H19BrO4. The Bertz CT molecular complexity index is 551. The van der Waals surface area contributed by atoms with Crippen molar-refractivity contribution in [3.05, 3.63) is 27.2 Å². The van der Waals surface area contributed by atoms with Gasteiger partial charge in [0.1, 0.15) is 5.75 Å². The summed E-state index contributed by atoms with van der Waals surface area (Å²) in [6, 6.07) is 1.89. The van der Waals surface area contributed by atoms with E-state index in [1.54, 1.807) is 6.92 Å². The first kappa shape index (κ1) is 16.7. The highest BCUT2D eigenvalue weighted by molar-refractivity contribution is 9.10. The van der Waals surface area contributed by atoms with Gasteiger partial charge in [-0.2, -0.15) is 0 Å². The van der Waals surface area contributed by atoms with E-state index >= 15 is 0 Å². The van der Waals surface area contributed by atoms with Gasteiger partial charge >= 0.3 is 5.97 Å². The molecule has 1 aromatic rings. The summed E-state index contributed by atoms with van der Waals surface area (Å²) >= 11 is 3.42. The van der Waals surface area contributed by atoms with Crippen LogP contribution in [0.5, 0.6) is 5.75 Å². The molecule has 0 aliphatic heterocycles. The Labute approximate surface area is 127 Å². The van der Waals surface area contributed by atoms with Crippen molar-refractivity contribution in [1.29, 1.82) is 0 Å². The van der Waals surface area contributed by atoms with E-state index < -0.39 is 17.8 Å². The fourth-order valence-electron chi connectivity index (χ4n) is 2.08. The molecule has 4 nitrogen and oxygen atoms in total. The fourth-order valence-corrected chi connectivity index (χ4v) is 2.62. The molecule has 2 atom stereocenters.